The van der Waals surface area contributed by atoms with Gasteiger partial charge >= 0.3 is 37.9 Å². The summed E-state index contributed by atoms with van der Waals surface area (Å²) in [5.74, 6) is 0.400. The molecule has 1 aromatic carbocycles. The Morgan fingerprint density at radius 1 is 1.17 bits per heavy atom. The number of phenols is 1. The van der Waals surface area contributed by atoms with Crippen LogP contribution >= 0.6 is 17.0 Å². The van der Waals surface area contributed by atoms with E-state index in [1.165, 1.54) is 32.1 Å². The monoisotopic (exact) mass is 433 g/mol. The number of benzene rings is 1. The van der Waals surface area contributed by atoms with Crippen molar-refractivity contribution in [1.29, 1.82) is 0 Å². The van der Waals surface area contributed by atoms with Gasteiger partial charge in [-0.25, -0.2) is 0 Å². The van der Waals surface area contributed by atoms with Gasteiger partial charge in [0, 0.05) is 11.3 Å². The molecule has 23 heavy (non-hydrogen) atoms. The first-order valence-electron chi connectivity index (χ1n) is 8.14. The molecule has 0 radical (unpaired) electrons. The average molecular weight is 436 g/mol. The summed E-state index contributed by atoms with van der Waals surface area (Å²) >= 11 is -0.826. The van der Waals surface area contributed by atoms with Crippen molar-refractivity contribution < 1.29 is 26.0 Å². The Morgan fingerprint density at radius 3 is 2.26 bits per heavy atom. The Kier molecular flexibility index (Phi) is 9.41. The van der Waals surface area contributed by atoms with Crippen molar-refractivity contribution in [2.75, 3.05) is 0 Å². The van der Waals surface area contributed by atoms with Crippen LogP contribution in [0.2, 0.25) is 0 Å². The summed E-state index contributed by atoms with van der Waals surface area (Å²) in [6.45, 7) is 8.40. The van der Waals surface area contributed by atoms with Crippen molar-refractivity contribution in [1.82, 2.24) is 0 Å². The van der Waals surface area contributed by atoms with Crippen LogP contribution in [0.1, 0.15) is 70.9 Å². The quantitative estimate of drug-likeness (QED) is 0.551. The summed E-state index contributed by atoms with van der Waals surface area (Å²) in [5.41, 5.74) is 2.81. The van der Waals surface area contributed by atoms with Crippen molar-refractivity contribution in [2.45, 2.75) is 71.3 Å². The van der Waals surface area contributed by atoms with Crippen LogP contribution in [0.5, 0.6) is 5.75 Å². The van der Waals surface area contributed by atoms with Crippen LogP contribution in [0.4, 0.5) is 0 Å². The summed E-state index contributed by atoms with van der Waals surface area (Å²) < 4.78 is 0. The molecule has 1 N–H and O–H groups in total. The molecule has 0 unspecified atom stereocenters. The number of hydrogen-bond acceptors (Lipinski definition) is 2. The maximum atomic E-state index is 10.5. The first-order valence-corrected chi connectivity index (χ1v) is 14.5. The van der Waals surface area contributed by atoms with Gasteiger partial charge in [-0.1, -0.05) is 52.2 Å². The van der Waals surface area contributed by atoms with E-state index in [2.05, 4.69) is 20.8 Å². The maximum absolute atomic E-state index is 10.5. The third kappa shape index (κ3) is 6.88. The molecular weight excluding hydrogens is 408 g/mol. The molecule has 1 aromatic rings. The van der Waals surface area contributed by atoms with Gasteiger partial charge in [-0.3, -0.25) is 4.99 Å². The second kappa shape index (κ2) is 10.2. The number of hydrogen-bond donors (Lipinski definition) is 1. The number of aliphatic imine (C=N–C) groups is 1. The third-order valence-electron chi connectivity index (χ3n) is 4.18. The molecule has 0 aliphatic heterocycles. The van der Waals surface area contributed by atoms with Crippen LogP contribution in [0.3, 0.4) is 0 Å². The normalized spacial score (nSPS) is 16.5. The number of para-hydroxylation sites is 1. The Hall–Kier alpha value is 0.153. The number of rotatable bonds is 2. The van der Waals surface area contributed by atoms with Crippen molar-refractivity contribution in [3.8, 4) is 5.75 Å². The Labute approximate surface area is 159 Å². The number of nitrogens with zero attached hydrogens (tertiary/aromatic N) is 1. The van der Waals surface area contributed by atoms with Gasteiger partial charge in [0.2, 0.25) is 0 Å². The summed E-state index contributed by atoms with van der Waals surface area (Å²) in [7, 11) is 9.87. The molecule has 0 amide bonds. The Bertz CT molecular complexity index is 520. The fourth-order valence-corrected chi connectivity index (χ4v) is 2.99. The minimum atomic E-state index is -0.826. The first kappa shape index (κ1) is 21.2. The van der Waals surface area contributed by atoms with Crippen LogP contribution in [-0.2, 0) is 26.3 Å². The predicted octanol–water partition coefficient (Wildman–Crippen LogP) is 6.21. The van der Waals surface area contributed by atoms with Gasteiger partial charge in [0.1, 0.15) is 5.75 Å². The standard InChI is InChI=1S/C18H27NO.2ClH.Zr/c1-13(19-14-9-6-5-7-10-14)15-11-8-12-16(17(15)20)18(2,3)4;;;/h8,11-12,14,20H,5-7,9-10H2,1-4H3;2*1H;/q;;;+2/p-2. The molecule has 1 aliphatic carbocycles. The van der Waals surface area contributed by atoms with Gasteiger partial charge in [-0.05, 0) is 36.8 Å². The van der Waals surface area contributed by atoms with Crippen molar-refractivity contribution in [3.05, 3.63) is 29.3 Å². The second-order valence-corrected chi connectivity index (χ2v) is 10.8. The zero-order valence-corrected chi connectivity index (χ0v) is 18.5. The van der Waals surface area contributed by atoms with Crippen molar-refractivity contribution >= 4 is 22.7 Å². The number of phenolic OH excluding ortho intramolecular Hbond substituents is 1. The zero-order chi connectivity index (χ0) is 17.5. The van der Waals surface area contributed by atoms with Gasteiger partial charge in [0.25, 0.3) is 0 Å². The molecular formula is C18H27Cl2NOZr. The van der Waals surface area contributed by atoms with E-state index in [0.29, 0.717) is 11.8 Å². The molecule has 1 fully saturated rings. The molecule has 2 rings (SSSR count). The van der Waals surface area contributed by atoms with Gasteiger partial charge in [-0.2, -0.15) is 0 Å². The summed E-state index contributed by atoms with van der Waals surface area (Å²) in [5, 5.41) is 10.5. The van der Waals surface area contributed by atoms with E-state index in [1.807, 2.05) is 25.1 Å². The van der Waals surface area contributed by atoms with Crippen LogP contribution in [0.15, 0.2) is 23.2 Å². The molecule has 0 spiro atoms. The van der Waals surface area contributed by atoms with Gasteiger partial charge in [-0.15, -0.1) is 0 Å². The summed E-state index contributed by atoms with van der Waals surface area (Å²) in [6, 6.07) is 6.45. The Morgan fingerprint density at radius 2 is 1.74 bits per heavy atom. The minimum absolute atomic E-state index is 0.0504. The molecule has 128 valence electrons. The number of aromatic hydroxyl groups is 1. The molecule has 0 saturated heterocycles. The Balaban J connectivity index is 0.000000816. The van der Waals surface area contributed by atoms with E-state index in [9.17, 15) is 5.11 Å². The van der Waals surface area contributed by atoms with Gasteiger partial charge < -0.3 is 5.11 Å². The van der Waals surface area contributed by atoms with Crippen LogP contribution in [-0.4, -0.2) is 16.9 Å². The fourth-order valence-electron chi connectivity index (χ4n) is 2.99. The van der Waals surface area contributed by atoms with Gasteiger partial charge in [0.05, 0.1) is 6.04 Å². The second-order valence-electron chi connectivity index (χ2n) is 7.03. The van der Waals surface area contributed by atoms with E-state index < -0.39 is 20.8 Å². The molecule has 2 nitrogen and oxygen atoms in total. The van der Waals surface area contributed by atoms with Gasteiger partial charge in [0.15, 0.2) is 0 Å². The summed E-state index contributed by atoms with van der Waals surface area (Å²) in [6.07, 6.45) is 6.30. The SMILES string of the molecule is CC(=NC1CCCCC1)c1cccc(C(C)(C)C)c1O.[Cl][Zr][Cl]. The molecule has 0 bridgehead atoms. The van der Waals surface area contributed by atoms with Crippen LogP contribution in [0, 0.1) is 0 Å². The fraction of sp³-hybridized carbons (Fsp3) is 0.611. The van der Waals surface area contributed by atoms with Crippen LogP contribution in [0.25, 0.3) is 0 Å². The third-order valence-corrected chi connectivity index (χ3v) is 4.18. The molecule has 5 heteroatoms. The van der Waals surface area contributed by atoms with Crippen molar-refractivity contribution in [2.24, 2.45) is 4.99 Å². The average Bonchev–Trinajstić information content (AvgIpc) is 2.48. The predicted molar refractivity (Wildman–Crippen MR) is 97.6 cm³/mol. The van der Waals surface area contributed by atoms with E-state index >= 15 is 0 Å². The van der Waals surface area contributed by atoms with E-state index in [0.717, 1.165) is 16.8 Å². The van der Waals surface area contributed by atoms with Crippen LogP contribution < -0.4 is 0 Å². The van der Waals surface area contributed by atoms with E-state index in [1.54, 1.807) is 0 Å². The topological polar surface area (TPSA) is 32.6 Å². The van der Waals surface area contributed by atoms with E-state index in [-0.39, 0.29) is 5.41 Å². The number of halogens is 2. The molecule has 0 aromatic heterocycles. The summed E-state index contributed by atoms with van der Waals surface area (Å²) in [4.78, 5) is 4.85. The molecule has 1 saturated carbocycles. The molecule has 0 atom stereocenters. The molecule has 0 heterocycles. The first-order chi connectivity index (χ1) is 10.8. The van der Waals surface area contributed by atoms with Crippen molar-refractivity contribution in [3.63, 3.8) is 0 Å². The zero-order valence-electron chi connectivity index (χ0n) is 14.5. The molecule has 1 aliphatic rings. The van der Waals surface area contributed by atoms with E-state index in [4.69, 9.17) is 22.0 Å².